The van der Waals surface area contributed by atoms with E-state index < -0.39 is 12.7 Å². The molecule has 4 nitrogen and oxygen atoms in total. The average molecular weight is 356 g/mol. The fraction of sp³-hybridized carbons (Fsp3) is 0.667. The Morgan fingerprint density at radius 1 is 1.30 bits per heavy atom. The standard InChI is InChI=1S/C12H17BrF3N3O/c13-9-1-6-20-11(9)10(7-17)19-4-2-18(3-5-19)8-12(14,15)16/h1,6,10H,2-5,7-8,17H2. The van der Waals surface area contributed by atoms with Crippen LogP contribution in [0.2, 0.25) is 0 Å². The molecule has 1 fully saturated rings. The van der Waals surface area contributed by atoms with Gasteiger partial charge in [-0.2, -0.15) is 13.2 Å². The topological polar surface area (TPSA) is 45.6 Å². The van der Waals surface area contributed by atoms with Crippen molar-refractivity contribution in [2.45, 2.75) is 12.2 Å². The van der Waals surface area contributed by atoms with Gasteiger partial charge < -0.3 is 10.2 Å². The lowest BCUT2D eigenvalue weighted by Gasteiger charge is -2.38. The maximum absolute atomic E-state index is 12.3. The molecule has 1 unspecified atom stereocenters. The van der Waals surface area contributed by atoms with E-state index in [1.807, 2.05) is 0 Å². The van der Waals surface area contributed by atoms with Crippen molar-refractivity contribution in [2.75, 3.05) is 39.3 Å². The van der Waals surface area contributed by atoms with Gasteiger partial charge in [-0.05, 0) is 22.0 Å². The van der Waals surface area contributed by atoms with Crippen molar-refractivity contribution in [2.24, 2.45) is 5.73 Å². The van der Waals surface area contributed by atoms with Crippen molar-refractivity contribution >= 4 is 15.9 Å². The molecule has 1 aliphatic rings. The molecule has 1 aliphatic heterocycles. The fourth-order valence-electron chi connectivity index (χ4n) is 2.45. The highest BCUT2D eigenvalue weighted by Crippen LogP contribution is 2.29. The number of nitrogens with two attached hydrogens (primary N) is 1. The molecule has 2 heterocycles. The van der Waals surface area contributed by atoms with Gasteiger partial charge in [0.2, 0.25) is 0 Å². The van der Waals surface area contributed by atoms with Crippen molar-refractivity contribution in [3.8, 4) is 0 Å². The summed E-state index contributed by atoms with van der Waals surface area (Å²) < 4.78 is 43.3. The van der Waals surface area contributed by atoms with Crippen molar-refractivity contribution in [3.63, 3.8) is 0 Å². The molecule has 114 valence electrons. The average Bonchev–Trinajstić information content (AvgIpc) is 2.77. The van der Waals surface area contributed by atoms with Crippen molar-refractivity contribution in [3.05, 3.63) is 22.6 Å². The van der Waals surface area contributed by atoms with Crippen LogP contribution >= 0.6 is 15.9 Å². The van der Waals surface area contributed by atoms with Gasteiger partial charge in [0, 0.05) is 32.7 Å². The number of halogens is 4. The number of rotatable bonds is 4. The molecule has 1 atom stereocenters. The molecule has 1 aromatic rings. The summed E-state index contributed by atoms with van der Waals surface area (Å²) in [4.78, 5) is 3.48. The van der Waals surface area contributed by atoms with E-state index in [2.05, 4.69) is 20.8 Å². The molecule has 1 saturated heterocycles. The third kappa shape index (κ3) is 3.97. The lowest BCUT2D eigenvalue weighted by molar-refractivity contribution is -0.150. The zero-order valence-corrected chi connectivity index (χ0v) is 12.5. The van der Waals surface area contributed by atoms with Crippen LogP contribution in [-0.4, -0.2) is 55.2 Å². The fourth-order valence-corrected chi connectivity index (χ4v) is 2.92. The minimum absolute atomic E-state index is 0.104. The second-order valence-electron chi connectivity index (χ2n) is 4.81. The minimum Gasteiger partial charge on any atom is -0.466 e. The van der Waals surface area contributed by atoms with Crippen LogP contribution in [0.1, 0.15) is 11.8 Å². The second-order valence-corrected chi connectivity index (χ2v) is 5.67. The van der Waals surface area contributed by atoms with Crippen molar-refractivity contribution in [1.82, 2.24) is 9.80 Å². The molecule has 0 radical (unpaired) electrons. The Morgan fingerprint density at radius 2 is 1.95 bits per heavy atom. The first-order valence-corrected chi connectivity index (χ1v) is 7.16. The SMILES string of the molecule is NCC(c1occc1Br)N1CCN(CC(F)(F)F)CC1. The highest BCUT2D eigenvalue weighted by Gasteiger charge is 2.34. The van der Waals surface area contributed by atoms with E-state index in [0.29, 0.717) is 32.7 Å². The summed E-state index contributed by atoms with van der Waals surface area (Å²) in [7, 11) is 0. The highest BCUT2D eigenvalue weighted by molar-refractivity contribution is 9.10. The van der Waals surface area contributed by atoms with E-state index in [9.17, 15) is 13.2 Å². The Labute approximate surface area is 123 Å². The summed E-state index contributed by atoms with van der Waals surface area (Å²) in [6, 6.07) is 1.69. The van der Waals surface area contributed by atoms with Gasteiger partial charge in [-0.3, -0.25) is 9.80 Å². The van der Waals surface area contributed by atoms with Crippen LogP contribution in [0.15, 0.2) is 21.2 Å². The van der Waals surface area contributed by atoms with Crippen molar-refractivity contribution in [1.29, 1.82) is 0 Å². The number of piperazine rings is 1. The first-order chi connectivity index (χ1) is 9.40. The predicted octanol–water partition coefficient (Wildman–Crippen LogP) is 2.22. The maximum Gasteiger partial charge on any atom is 0.401 e. The molecular weight excluding hydrogens is 339 g/mol. The molecule has 0 amide bonds. The van der Waals surface area contributed by atoms with E-state index in [0.717, 1.165) is 10.2 Å². The molecule has 1 aromatic heterocycles. The van der Waals surface area contributed by atoms with Crippen LogP contribution in [-0.2, 0) is 0 Å². The monoisotopic (exact) mass is 355 g/mol. The summed E-state index contributed by atoms with van der Waals surface area (Å²) in [5.41, 5.74) is 5.78. The Hall–Kier alpha value is -0.570. The molecule has 2 N–H and O–H groups in total. The van der Waals surface area contributed by atoms with E-state index in [-0.39, 0.29) is 6.04 Å². The second kappa shape index (κ2) is 6.46. The van der Waals surface area contributed by atoms with Gasteiger partial charge in [0.05, 0.1) is 23.3 Å². The summed E-state index contributed by atoms with van der Waals surface area (Å²) in [5.74, 6) is 0.733. The molecule has 0 aromatic carbocycles. The van der Waals surface area contributed by atoms with E-state index in [1.54, 1.807) is 12.3 Å². The molecule has 0 saturated carbocycles. The van der Waals surface area contributed by atoms with Gasteiger partial charge in [-0.25, -0.2) is 0 Å². The van der Waals surface area contributed by atoms with Gasteiger partial charge in [-0.1, -0.05) is 0 Å². The lowest BCUT2D eigenvalue weighted by atomic mass is 10.1. The number of furan rings is 1. The molecular formula is C12H17BrF3N3O. The van der Waals surface area contributed by atoms with Crippen LogP contribution in [0.3, 0.4) is 0 Å². The summed E-state index contributed by atoms with van der Waals surface area (Å²) in [6.45, 7) is 1.38. The quantitative estimate of drug-likeness (QED) is 0.899. The largest absolute Gasteiger partial charge is 0.466 e. The molecule has 20 heavy (non-hydrogen) atoms. The predicted molar refractivity (Wildman–Crippen MR) is 72.3 cm³/mol. The van der Waals surface area contributed by atoms with Gasteiger partial charge in [0.15, 0.2) is 0 Å². The smallest absolute Gasteiger partial charge is 0.401 e. The van der Waals surface area contributed by atoms with Gasteiger partial charge in [0.25, 0.3) is 0 Å². The minimum atomic E-state index is -4.14. The number of alkyl halides is 3. The molecule has 2 rings (SSSR count). The summed E-state index contributed by atoms with van der Waals surface area (Å²) in [5, 5.41) is 0. The van der Waals surface area contributed by atoms with Crippen LogP contribution < -0.4 is 5.73 Å². The van der Waals surface area contributed by atoms with Crippen molar-refractivity contribution < 1.29 is 17.6 Å². The van der Waals surface area contributed by atoms with Crippen LogP contribution in [0.25, 0.3) is 0 Å². The third-order valence-electron chi connectivity index (χ3n) is 3.42. The van der Waals surface area contributed by atoms with Gasteiger partial charge >= 0.3 is 6.18 Å². The zero-order chi connectivity index (χ0) is 14.8. The maximum atomic E-state index is 12.3. The van der Waals surface area contributed by atoms with E-state index in [4.69, 9.17) is 10.2 Å². The Kier molecular flexibility index (Phi) is 5.11. The Bertz CT molecular complexity index is 430. The molecule has 8 heteroatoms. The number of hydrogen-bond acceptors (Lipinski definition) is 4. The Balaban J connectivity index is 1.94. The number of nitrogens with zero attached hydrogens (tertiary/aromatic N) is 2. The summed E-state index contributed by atoms with van der Waals surface area (Å²) in [6.07, 6.45) is -2.57. The molecule has 0 bridgehead atoms. The molecule has 0 aliphatic carbocycles. The van der Waals surface area contributed by atoms with E-state index >= 15 is 0 Å². The highest BCUT2D eigenvalue weighted by atomic mass is 79.9. The first kappa shape index (κ1) is 15.8. The van der Waals surface area contributed by atoms with Gasteiger partial charge in [-0.15, -0.1) is 0 Å². The normalized spacial score (nSPS) is 20.2. The van der Waals surface area contributed by atoms with Crippen LogP contribution in [0.5, 0.6) is 0 Å². The van der Waals surface area contributed by atoms with Gasteiger partial charge in [0.1, 0.15) is 5.76 Å². The van der Waals surface area contributed by atoms with Crippen LogP contribution in [0, 0.1) is 0 Å². The number of hydrogen-bond donors (Lipinski definition) is 1. The lowest BCUT2D eigenvalue weighted by Crippen LogP contribution is -2.51. The molecule has 0 spiro atoms. The zero-order valence-electron chi connectivity index (χ0n) is 10.9. The van der Waals surface area contributed by atoms with Crippen LogP contribution in [0.4, 0.5) is 13.2 Å². The van der Waals surface area contributed by atoms with E-state index in [1.165, 1.54) is 4.90 Å². The summed E-state index contributed by atoms with van der Waals surface area (Å²) >= 11 is 3.39. The Morgan fingerprint density at radius 3 is 2.40 bits per heavy atom. The third-order valence-corrected chi connectivity index (χ3v) is 4.08. The first-order valence-electron chi connectivity index (χ1n) is 6.37.